The van der Waals surface area contributed by atoms with Gasteiger partial charge in [0, 0.05) is 35.9 Å². The summed E-state index contributed by atoms with van der Waals surface area (Å²) in [6.07, 6.45) is 1.58. The molecule has 0 amide bonds. The zero-order valence-corrected chi connectivity index (χ0v) is 10.8. The summed E-state index contributed by atoms with van der Waals surface area (Å²) >= 11 is 0. The predicted octanol–water partition coefficient (Wildman–Crippen LogP) is -1.17. The summed E-state index contributed by atoms with van der Waals surface area (Å²) in [6.45, 7) is 1.78. The van der Waals surface area contributed by atoms with Gasteiger partial charge in [-0.2, -0.15) is 0 Å². The highest BCUT2D eigenvalue weighted by Crippen LogP contribution is 2.10. The zero-order chi connectivity index (χ0) is 13.2. The minimum Gasteiger partial charge on any atom is -0.383 e. The summed E-state index contributed by atoms with van der Waals surface area (Å²) in [5.41, 5.74) is 4.66. The van der Waals surface area contributed by atoms with Crippen molar-refractivity contribution in [1.29, 1.82) is 0 Å². The Balaban J connectivity index is 3.08. The Morgan fingerprint density at radius 2 is 2.12 bits per heavy atom. The van der Waals surface area contributed by atoms with E-state index >= 15 is 0 Å². The third kappa shape index (κ3) is 3.19. The first kappa shape index (κ1) is 13.5. The molecular formula is C9H16N4O3S. The van der Waals surface area contributed by atoms with Gasteiger partial charge in [0.2, 0.25) is 0 Å². The van der Waals surface area contributed by atoms with Crippen molar-refractivity contribution >= 4 is 22.3 Å². The van der Waals surface area contributed by atoms with Gasteiger partial charge in [-0.1, -0.05) is 0 Å². The molecule has 0 aromatic carbocycles. The van der Waals surface area contributed by atoms with Crippen LogP contribution in [0.5, 0.6) is 0 Å². The summed E-state index contributed by atoms with van der Waals surface area (Å²) in [4.78, 5) is 24.9. The van der Waals surface area contributed by atoms with Crippen LogP contribution in [0, 0.1) is 0 Å². The fourth-order valence-corrected chi connectivity index (χ4v) is 2.20. The largest absolute Gasteiger partial charge is 0.383 e. The first-order valence-electron chi connectivity index (χ1n) is 4.98. The van der Waals surface area contributed by atoms with Crippen LogP contribution >= 0.6 is 0 Å². The lowest BCUT2D eigenvalue weighted by Crippen LogP contribution is -2.35. The van der Waals surface area contributed by atoms with Gasteiger partial charge in [0.05, 0.1) is 0 Å². The zero-order valence-electron chi connectivity index (χ0n) is 9.94. The molecule has 1 heterocycles. The Labute approximate surface area is 100 Å². The van der Waals surface area contributed by atoms with Gasteiger partial charge in [0.15, 0.2) is 0 Å². The third-order valence-electron chi connectivity index (χ3n) is 2.25. The SMILES string of the molecule is CC(CS(C)=O)Nc1c(N)n(C)c(=O)[nH]c1=O. The van der Waals surface area contributed by atoms with Gasteiger partial charge in [-0.3, -0.25) is 18.6 Å². The smallest absolute Gasteiger partial charge is 0.329 e. The molecule has 1 aromatic heterocycles. The van der Waals surface area contributed by atoms with Gasteiger partial charge < -0.3 is 11.1 Å². The molecule has 0 bridgehead atoms. The molecule has 0 saturated heterocycles. The summed E-state index contributed by atoms with van der Waals surface area (Å²) < 4.78 is 12.2. The van der Waals surface area contributed by atoms with Crippen molar-refractivity contribution in [2.75, 3.05) is 23.1 Å². The lowest BCUT2D eigenvalue weighted by atomic mass is 10.3. The minimum absolute atomic E-state index is 0.0625. The van der Waals surface area contributed by atoms with E-state index < -0.39 is 22.0 Å². The summed E-state index contributed by atoms with van der Waals surface area (Å²) in [5.74, 6) is 0.453. The number of nitrogens with zero attached hydrogens (tertiary/aromatic N) is 1. The average molecular weight is 260 g/mol. The highest BCUT2D eigenvalue weighted by Gasteiger charge is 2.13. The first-order chi connectivity index (χ1) is 7.82. The van der Waals surface area contributed by atoms with Crippen LogP contribution in [0.15, 0.2) is 9.59 Å². The van der Waals surface area contributed by atoms with E-state index in [0.717, 1.165) is 4.57 Å². The number of hydrogen-bond acceptors (Lipinski definition) is 5. The molecule has 0 fully saturated rings. The van der Waals surface area contributed by atoms with E-state index in [4.69, 9.17) is 5.73 Å². The number of nitrogen functional groups attached to an aromatic ring is 1. The molecule has 0 spiro atoms. The van der Waals surface area contributed by atoms with Gasteiger partial charge in [0.25, 0.3) is 5.56 Å². The van der Waals surface area contributed by atoms with Gasteiger partial charge in [0.1, 0.15) is 11.5 Å². The lowest BCUT2D eigenvalue weighted by Gasteiger charge is -2.15. The number of anilines is 2. The number of hydrogen-bond donors (Lipinski definition) is 3. The van der Waals surface area contributed by atoms with Gasteiger partial charge in [-0.15, -0.1) is 0 Å². The molecule has 0 aliphatic heterocycles. The fraction of sp³-hybridized carbons (Fsp3) is 0.556. The van der Waals surface area contributed by atoms with Crippen molar-refractivity contribution in [3.8, 4) is 0 Å². The Hall–Kier alpha value is -1.57. The molecule has 1 aromatic rings. The molecule has 17 heavy (non-hydrogen) atoms. The highest BCUT2D eigenvalue weighted by atomic mass is 32.2. The standard InChI is InChI=1S/C9H16N4O3S/c1-5(4-17(3)16)11-6-7(10)13(2)9(15)12-8(6)14/h5,11H,4,10H2,1-3H3,(H,12,14,15). The number of aromatic amines is 1. The number of nitrogens with two attached hydrogens (primary N) is 1. The second-order valence-electron chi connectivity index (χ2n) is 3.86. The van der Waals surface area contributed by atoms with Crippen molar-refractivity contribution < 1.29 is 4.21 Å². The predicted molar refractivity (Wildman–Crippen MR) is 68.7 cm³/mol. The van der Waals surface area contributed by atoms with Crippen molar-refractivity contribution in [3.05, 3.63) is 20.8 Å². The minimum atomic E-state index is -0.976. The molecule has 0 aliphatic rings. The van der Waals surface area contributed by atoms with Crippen LogP contribution in [0.1, 0.15) is 6.92 Å². The molecule has 0 radical (unpaired) electrons. The van der Waals surface area contributed by atoms with Crippen molar-refractivity contribution in [2.45, 2.75) is 13.0 Å². The number of nitrogens with one attached hydrogen (secondary N) is 2. The van der Waals surface area contributed by atoms with Crippen LogP contribution in [0.3, 0.4) is 0 Å². The summed E-state index contributed by atoms with van der Waals surface area (Å²) in [5, 5.41) is 2.86. The van der Waals surface area contributed by atoms with E-state index in [2.05, 4.69) is 10.3 Å². The van der Waals surface area contributed by atoms with E-state index in [1.165, 1.54) is 7.05 Å². The molecule has 96 valence electrons. The Morgan fingerprint density at radius 1 is 1.53 bits per heavy atom. The molecule has 1 rings (SSSR count). The second kappa shape index (κ2) is 5.17. The number of rotatable bonds is 4. The van der Waals surface area contributed by atoms with Gasteiger partial charge >= 0.3 is 5.69 Å². The van der Waals surface area contributed by atoms with Crippen LogP contribution in [0.2, 0.25) is 0 Å². The molecule has 8 heteroatoms. The highest BCUT2D eigenvalue weighted by molar-refractivity contribution is 7.84. The van der Waals surface area contributed by atoms with Crippen molar-refractivity contribution in [3.63, 3.8) is 0 Å². The monoisotopic (exact) mass is 260 g/mol. The summed E-state index contributed by atoms with van der Waals surface area (Å²) in [7, 11) is 0.483. The molecule has 4 N–H and O–H groups in total. The molecule has 0 aliphatic carbocycles. The van der Waals surface area contributed by atoms with E-state index in [1.807, 2.05) is 0 Å². The molecule has 7 nitrogen and oxygen atoms in total. The van der Waals surface area contributed by atoms with Crippen LogP contribution < -0.4 is 22.3 Å². The van der Waals surface area contributed by atoms with E-state index in [0.29, 0.717) is 5.75 Å². The van der Waals surface area contributed by atoms with Gasteiger partial charge in [-0.25, -0.2) is 4.79 Å². The normalized spacial score (nSPS) is 14.3. The van der Waals surface area contributed by atoms with Crippen LogP contribution in [-0.4, -0.2) is 31.8 Å². The first-order valence-corrected chi connectivity index (χ1v) is 6.71. The topological polar surface area (TPSA) is 110 Å². The van der Waals surface area contributed by atoms with E-state index in [1.54, 1.807) is 13.2 Å². The van der Waals surface area contributed by atoms with Crippen LogP contribution in [0.4, 0.5) is 11.5 Å². The van der Waals surface area contributed by atoms with Crippen molar-refractivity contribution in [2.24, 2.45) is 7.05 Å². The van der Waals surface area contributed by atoms with E-state index in [9.17, 15) is 13.8 Å². The molecule has 2 atom stereocenters. The Bertz CT molecular complexity index is 548. The molecule has 2 unspecified atom stereocenters. The Kier molecular flexibility index (Phi) is 4.11. The summed E-state index contributed by atoms with van der Waals surface area (Å²) in [6, 6.07) is -0.179. The lowest BCUT2D eigenvalue weighted by molar-refractivity contribution is 0.682. The third-order valence-corrected chi connectivity index (χ3v) is 3.21. The molecule has 0 saturated carbocycles. The Morgan fingerprint density at radius 3 is 2.65 bits per heavy atom. The van der Waals surface area contributed by atoms with Crippen LogP contribution in [-0.2, 0) is 17.8 Å². The van der Waals surface area contributed by atoms with Crippen LogP contribution in [0.25, 0.3) is 0 Å². The average Bonchev–Trinajstić information content (AvgIpc) is 2.20. The fourth-order valence-electron chi connectivity index (χ4n) is 1.42. The number of H-pyrrole nitrogens is 1. The maximum Gasteiger partial charge on any atom is 0.329 e. The maximum absolute atomic E-state index is 11.5. The number of aromatic nitrogens is 2. The molecular weight excluding hydrogens is 244 g/mol. The second-order valence-corrected chi connectivity index (χ2v) is 5.34. The maximum atomic E-state index is 11.5. The van der Waals surface area contributed by atoms with E-state index in [-0.39, 0.29) is 17.5 Å². The quantitative estimate of drug-likeness (QED) is 0.632. The van der Waals surface area contributed by atoms with Gasteiger partial charge in [-0.05, 0) is 6.92 Å². The van der Waals surface area contributed by atoms with Crippen molar-refractivity contribution in [1.82, 2.24) is 9.55 Å².